The number of para-hydroxylation sites is 1. The summed E-state index contributed by atoms with van der Waals surface area (Å²) in [5, 5.41) is 11.0. The van der Waals surface area contributed by atoms with E-state index in [1.54, 1.807) is 35.7 Å². The molecule has 1 aromatic heterocycles. The quantitative estimate of drug-likeness (QED) is 0.525. The van der Waals surface area contributed by atoms with Crippen LogP contribution in [0.1, 0.15) is 5.69 Å². The molecule has 6 nitrogen and oxygen atoms in total. The van der Waals surface area contributed by atoms with Crippen LogP contribution < -0.4 is 16.0 Å². The fourth-order valence-electron chi connectivity index (χ4n) is 2.17. The predicted molar refractivity (Wildman–Crippen MR) is 110 cm³/mol. The van der Waals surface area contributed by atoms with Crippen LogP contribution in [0.25, 0.3) is 0 Å². The number of urea groups is 1. The first-order chi connectivity index (χ1) is 13.0. The van der Waals surface area contributed by atoms with E-state index in [1.165, 1.54) is 11.3 Å². The first-order valence-electron chi connectivity index (χ1n) is 7.82. The van der Waals surface area contributed by atoms with Crippen molar-refractivity contribution in [3.8, 4) is 0 Å². The lowest BCUT2D eigenvalue weighted by Crippen LogP contribution is -2.19. The van der Waals surface area contributed by atoms with Gasteiger partial charge in [0.25, 0.3) is 0 Å². The maximum atomic E-state index is 12.1. The average molecular weight is 421 g/mol. The van der Waals surface area contributed by atoms with Crippen LogP contribution in [-0.4, -0.2) is 16.9 Å². The Morgan fingerprint density at radius 3 is 2.44 bits per heavy atom. The van der Waals surface area contributed by atoms with E-state index in [-0.39, 0.29) is 12.3 Å². The fourth-order valence-corrected chi connectivity index (χ4v) is 3.17. The SMILES string of the molecule is O=C(Cc1csc(NC(=O)Nc2ccccc2)n1)Nc1ccc(Cl)c(Cl)c1. The number of nitrogens with one attached hydrogen (secondary N) is 3. The monoisotopic (exact) mass is 420 g/mol. The van der Waals surface area contributed by atoms with Gasteiger partial charge in [-0.15, -0.1) is 11.3 Å². The number of hydrogen-bond acceptors (Lipinski definition) is 4. The molecule has 9 heteroatoms. The molecule has 0 saturated carbocycles. The summed E-state index contributed by atoms with van der Waals surface area (Å²) in [5.74, 6) is -0.251. The van der Waals surface area contributed by atoms with Gasteiger partial charge in [-0.05, 0) is 30.3 Å². The number of rotatable bonds is 5. The number of anilines is 3. The van der Waals surface area contributed by atoms with Gasteiger partial charge < -0.3 is 10.6 Å². The largest absolute Gasteiger partial charge is 0.326 e. The molecule has 0 aliphatic carbocycles. The highest BCUT2D eigenvalue weighted by Gasteiger charge is 2.11. The van der Waals surface area contributed by atoms with Gasteiger partial charge in [0.1, 0.15) is 0 Å². The average Bonchev–Trinajstić information content (AvgIpc) is 3.05. The number of carbonyl (C=O) groups excluding carboxylic acids is 2. The number of hydrogen-bond donors (Lipinski definition) is 3. The highest BCUT2D eigenvalue weighted by molar-refractivity contribution is 7.14. The highest BCUT2D eigenvalue weighted by atomic mass is 35.5. The molecule has 0 spiro atoms. The molecule has 3 aromatic rings. The number of amides is 3. The Morgan fingerprint density at radius 2 is 1.70 bits per heavy atom. The molecular formula is C18H14Cl2N4O2S. The van der Waals surface area contributed by atoms with Gasteiger partial charge in [0, 0.05) is 16.8 Å². The van der Waals surface area contributed by atoms with E-state index >= 15 is 0 Å². The second-order valence-corrected chi connectivity index (χ2v) is 7.12. The smallest absolute Gasteiger partial charge is 0.325 e. The second-order valence-electron chi connectivity index (χ2n) is 5.44. The Labute approximate surface area is 169 Å². The molecule has 0 atom stereocenters. The van der Waals surface area contributed by atoms with Crippen LogP contribution in [0, 0.1) is 0 Å². The van der Waals surface area contributed by atoms with Gasteiger partial charge in [-0.2, -0.15) is 0 Å². The van der Waals surface area contributed by atoms with Crippen LogP contribution >= 0.6 is 34.5 Å². The zero-order valence-corrected chi connectivity index (χ0v) is 16.2. The number of carbonyl (C=O) groups is 2. The molecule has 0 bridgehead atoms. The Bertz CT molecular complexity index is 963. The molecule has 27 heavy (non-hydrogen) atoms. The molecule has 0 saturated heterocycles. The third kappa shape index (κ3) is 5.68. The molecule has 3 rings (SSSR count). The molecule has 0 aliphatic rings. The van der Waals surface area contributed by atoms with Crippen LogP contribution in [0.3, 0.4) is 0 Å². The van der Waals surface area contributed by atoms with Gasteiger partial charge >= 0.3 is 6.03 Å². The van der Waals surface area contributed by atoms with E-state index in [9.17, 15) is 9.59 Å². The molecule has 0 fully saturated rings. The fraction of sp³-hybridized carbons (Fsp3) is 0.0556. The minimum absolute atomic E-state index is 0.0682. The molecule has 3 amide bonds. The number of thiazole rings is 1. The zero-order valence-electron chi connectivity index (χ0n) is 13.8. The Morgan fingerprint density at radius 1 is 0.926 bits per heavy atom. The van der Waals surface area contributed by atoms with E-state index in [1.807, 2.05) is 18.2 Å². The predicted octanol–water partition coefficient (Wildman–Crippen LogP) is 5.28. The molecule has 0 radical (unpaired) electrons. The molecule has 0 unspecified atom stereocenters. The molecule has 0 aliphatic heterocycles. The summed E-state index contributed by atoms with van der Waals surface area (Å²) in [5.41, 5.74) is 1.77. The second kappa shape index (κ2) is 8.85. The topological polar surface area (TPSA) is 83.1 Å². The Kier molecular flexibility index (Phi) is 6.28. The first-order valence-corrected chi connectivity index (χ1v) is 9.45. The van der Waals surface area contributed by atoms with Crippen molar-refractivity contribution in [3.63, 3.8) is 0 Å². The van der Waals surface area contributed by atoms with Crippen LogP contribution in [0.4, 0.5) is 21.3 Å². The van der Waals surface area contributed by atoms with Gasteiger partial charge in [-0.1, -0.05) is 41.4 Å². The summed E-state index contributed by atoms with van der Waals surface area (Å²) in [7, 11) is 0. The number of aromatic nitrogens is 1. The van der Waals surface area contributed by atoms with E-state index in [0.717, 1.165) is 0 Å². The number of nitrogens with zero attached hydrogens (tertiary/aromatic N) is 1. The van der Waals surface area contributed by atoms with Crippen molar-refractivity contribution in [2.24, 2.45) is 0 Å². The summed E-state index contributed by atoms with van der Waals surface area (Å²) in [6, 6.07) is 13.5. The molecule has 2 aromatic carbocycles. The van der Waals surface area contributed by atoms with Crippen molar-refractivity contribution in [2.45, 2.75) is 6.42 Å². The minimum atomic E-state index is -0.401. The van der Waals surface area contributed by atoms with E-state index in [0.29, 0.717) is 32.2 Å². The van der Waals surface area contributed by atoms with Gasteiger partial charge in [0.2, 0.25) is 5.91 Å². The summed E-state index contributed by atoms with van der Waals surface area (Å²) >= 11 is 13.0. The summed E-state index contributed by atoms with van der Waals surface area (Å²) < 4.78 is 0. The van der Waals surface area contributed by atoms with Crippen molar-refractivity contribution in [2.75, 3.05) is 16.0 Å². The van der Waals surface area contributed by atoms with Gasteiger partial charge in [0.05, 0.1) is 22.2 Å². The van der Waals surface area contributed by atoms with Crippen molar-refractivity contribution in [3.05, 3.63) is 69.7 Å². The number of benzene rings is 2. The third-order valence-corrected chi connectivity index (χ3v) is 4.89. The summed E-state index contributed by atoms with van der Waals surface area (Å²) in [6.07, 6.45) is 0.0682. The van der Waals surface area contributed by atoms with Crippen LogP contribution in [0.15, 0.2) is 53.9 Å². The van der Waals surface area contributed by atoms with Gasteiger partial charge in [0.15, 0.2) is 5.13 Å². The van der Waals surface area contributed by atoms with E-state index in [4.69, 9.17) is 23.2 Å². The molecule has 1 heterocycles. The Balaban J connectivity index is 1.53. The van der Waals surface area contributed by atoms with E-state index < -0.39 is 6.03 Å². The first kappa shape index (κ1) is 19.2. The van der Waals surface area contributed by atoms with Gasteiger partial charge in [-0.3, -0.25) is 10.1 Å². The lowest BCUT2D eigenvalue weighted by molar-refractivity contribution is -0.115. The van der Waals surface area contributed by atoms with Gasteiger partial charge in [-0.25, -0.2) is 9.78 Å². The Hall–Kier alpha value is -2.61. The maximum Gasteiger partial charge on any atom is 0.325 e. The van der Waals surface area contributed by atoms with Crippen molar-refractivity contribution < 1.29 is 9.59 Å². The maximum absolute atomic E-state index is 12.1. The molecular weight excluding hydrogens is 407 g/mol. The lowest BCUT2D eigenvalue weighted by atomic mass is 10.3. The summed E-state index contributed by atoms with van der Waals surface area (Å²) in [6.45, 7) is 0. The zero-order chi connectivity index (χ0) is 19.2. The van der Waals surface area contributed by atoms with Crippen molar-refractivity contribution >= 4 is 63.0 Å². The molecule has 3 N–H and O–H groups in total. The lowest BCUT2D eigenvalue weighted by Gasteiger charge is -2.05. The minimum Gasteiger partial charge on any atom is -0.326 e. The summed E-state index contributed by atoms with van der Waals surface area (Å²) in [4.78, 5) is 28.3. The standard InChI is InChI=1S/C18H14Cl2N4O2S/c19-14-7-6-12(8-15(14)20)21-16(25)9-13-10-27-18(23-13)24-17(26)22-11-4-2-1-3-5-11/h1-8,10H,9H2,(H,21,25)(H2,22,23,24,26). The van der Waals surface area contributed by atoms with Crippen LogP contribution in [-0.2, 0) is 11.2 Å². The van der Waals surface area contributed by atoms with Crippen molar-refractivity contribution in [1.29, 1.82) is 0 Å². The number of halogens is 2. The normalized spacial score (nSPS) is 10.3. The van der Waals surface area contributed by atoms with Crippen molar-refractivity contribution in [1.82, 2.24) is 4.98 Å². The van der Waals surface area contributed by atoms with Crippen LogP contribution in [0.5, 0.6) is 0 Å². The third-order valence-electron chi connectivity index (χ3n) is 3.35. The highest BCUT2D eigenvalue weighted by Crippen LogP contribution is 2.25. The van der Waals surface area contributed by atoms with E-state index in [2.05, 4.69) is 20.9 Å². The molecule has 138 valence electrons. The van der Waals surface area contributed by atoms with Crippen LogP contribution in [0.2, 0.25) is 10.0 Å².